The minimum absolute atomic E-state index is 0.287. The first kappa shape index (κ1) is 13.8. The molecule has 86 valence electrons. The highest BCUT2D eigenvalue weighted by Crippen LogP contribution is 1.85. The van der Waals surface area contributed by atoms with E-state index in [2.05, 4.69) is 18.5 Å². The second-order valence-electron chi connectivity index (χ2n) is 2.62. The van der Waals surface area contributed by atoms with E-state index in [-0.39, 0.29) is 6.61 Å². The molecule has 0 spiro atoms. The maximum absolute atomic E-state index is 10.6. The predicted molar refractivity (Wildman–Crippen MR) is 56.2 cm³/mol. The maximum Gasteiger partial charge on any atom is 0.330 e. The molecule has 0 amide bonds. The Labute approximate surface area is 89.4 Å². The molecule has 5 heteroatoms. The Balaban J connectivity index is 3.14. The summed E-state index contributed by atoms with van der Waals surface area (Å²) in [6.07, 6.45) is 1.49. The number of ether oxygens (including phenoxy) is 2. The minimum Gasteiger partial charge on any atom is -0.461 e. The molecule has 0 heterocycles. The van der Waals surface area contributed by atoms with E-state index in [1.807, 2.05) is 0 Å². The van der Waals surface area contributed by atoms with Crippen molar-refractivity contribution in [3.8, 4) is 0 Å². The number of hydrogen-bond donors (Lipinski definition) is 2. The second kappa shape index (κ2) is 9.39. The second-order valence-corrected chi connectivity index (χ2v) is 2.62. The third-order valence-corrected chi connectivity index (χ3v) is 1.46. The summed E-state index contributed by atoms with van der Waals surface area (Å²) < 4.78 is 9.61. The van der Waals surface area contributed by atoms with Gasteiger partial charge in [-0.05, 0) is 6.08 Å². The van der Waals surface area contributed by atoms with Gasteiger partial charge in [0.25, 0.3) is 0 Å². The van der Waals surface area contributed by atoms with Crippen molar-refractivity contribution >= 4 is 5.97 Å². The molecule has 0 fully saturated rings. The molecule has 0 aliphatic rings. The van der Waals surface area contributed by atoms with E-state index < -0.39 is 12.3 Å². The molecule has 0 aliphatic carbocycles. The van der Waals surface area contributed by atoms with Gasteiger partial charge >= 0.3 is 5.97 Å². The Morgan fingerprint density at radius 1 is 1.40 bits per heavy atom. The number of hydrogen-bond acceptors (Lipinski definition) is 5. The molecule has 0 aromatic heterocycles. The Hall–Kier alpha value is -1.17. The van der Waals surface area contributed by atoms with Gasteiger partial charge in [0.1, 0.15) is 6.61 Å². The summed E-state index contributed by atoms with van der Waals surface area (Å²) in [6.45, 7) is 8.37. The molecule has 0 aliphatic heterocycles. The van der Waals surface area contributed by atoms with Gasteiger partial charge < -0.3 is 19.9 Å². The highest BCUT2D eigenvalue weighted by molar-refractivity contribution is 5.81. The lowest BCUT2D eigenvalue weighted by Gasteiger charge is -2.08. The first-order chi connectivity index (χ1) is 7.20. The quantitative estimate of drug-likeness (QED) is 0.184. The van der Waals surface area contributed by atoms with Crippen molar-refractivity contribution < 1.29 is 19.4 Å². The maximum atomic E-state index is 10.6. The third-order valence-electron chi connectivity index (χ3n) is 1.46. The summed E-state index contributed by atoms with van der Waals surface area (Å²) in [6, 6.07) is 0. The van der Waals surface area contributed by atoms with Crippen LogP contribution in [0.5, 0.6) is 0 Å². The van der Waals surface area contributed by atoms with E-state index in [0.29, 0.717) is 19.7 Å². The molecule has 1 atom stereocenters. The fourth-order valence-corrected chi connectivity index (χ4v) is 0.728. The van der Waals surface area contributed by atoms with Crippen molar-refractivity contribution in [2.24, 2.45) is 0 Å². The van der Waals surface area contributed by atoms with Crippen LogP contribution >= 0.6 is 0 Å². The van der Waals surface area contributed by atoms with Gasteiger partial charge in [-0.25, -0.2) is 4.79 Å². The molecule has 0 rings (SSSR count). The molecule has 0 saturated carbocycles. The van der Waals surface area contributed by atoms with Gasteiger partial charge in [-0.2, -0.15) is 0 Å². The van der Waals surface area contributed by atoms with Gasteiger partial charge in [-0.1, -0.05) is 13.2 Å². The Bertz CT molecular complexity index is 206. The summed E-state index contributed by atoms with van der Waals surface area (Å²) in [5, 5.41) is 11.9. The fraction of sp³-hybridized carbons (Fsp3) is 0.500. The van der Waals surface area contributed by atoms with Crippen LogP contribution in [-0.2, 0) is 14.3 Å². The number of carbonyl (C=O) groups excluding carboxylic acids is 1. The van der Waals surface area contributed by atoms with Crippen LogP contribution in [-0.4, -0.2) is 43.7 Å². The summed E-state index contributed by atoms with van der Waals surface area (Å²) in [4.78, 5) is 10.6. The van der Waals surface area contributed by atoms with Gasteiger partial charge in [0, 0.05) is 19.2 Å². The summed E-state index contributed by atoms with van der Waals surface area (Å²) >= 11 is 0. The zero-order valence-electron chi connectivity index (χ0n) is 8.65. The number of rotatable bonds is 9. The van der Waals surface area contributed by atoms with Crippen LogP contribution < -0.4 is 5.32 Å². The molecule has 15 heavy (non-hydrogen) atoms. The minimum atomic E-state index is -0.926. The molecule has 0 aromatic rings. The van der Waals surface area contributed by atoms with Crippen molar-refractivity contribution in [1.82, 2.24) is 5.32 Å². The van der Waals surface area contributed by atoms with Crippen LogP contribution in [0.2, 0.25) is 0 Å². The van der Waals surface area contributed by atoms with E-state index in [4.69, 9.17) is 14.6 Å². The van der Waals surface area contributed by atoms with Crippen LogP contribution in [0.25, 0.3) is 0 Å². The molecular weight excluding hydrogens is 198 g/mol. The van der Waals surface area contributed by atoms with Crippen LogP contribution in [0.4, 0.5) is 0 Å². The average molecular weight is 215 g/mol. The van der Waals surface area contributed by atoms with E-state index in [9.17, 15) is 4.79 Å². The first-order valence-electron chi connectivity index (χ1n) is 4.63. The van der Waals surface area contributed by atoms with E-state index in [1.54, 1.807) is 0 Å². The molecule has 0 saturated heterocycles. The van der Waals surface area contributed by atoms with E-state index in [0.717, 1.165) is 6.08 Å². The summed E-state index contributed by atoms with van der Waals surface area (Å²) in [7, 11) is 0. The first-order valence-corrected chi connectivity index (χ1v) is 4.63. The molecule has 0 radical (unpaired) electrons. The van der Waals surface area contributed by atoms with Gasteiger partial charge in [0.05, 0.1) is 6.61 Å². The lowest BCUT2D eigenvalue weighted by molar-refractivity contribution is -0.137. The highest BCUT2D eigenvalue weighted by atomic mass is 16.6. The number of carbonyl (C=O) groups is 1. The van der Waals surface area contributed by atoms with Gasteiger partial charge in [0.15, 0.2) is 6.29 Å². The molecular formula is C10H17NO4. The lowest BCUT2D eigenvalue weighted by atomic mass is 10.6. The third kappa shape index (κ3) is 9.14. The van der Waals surface area contributed by atoms with Crippen molar-refractivity contribution in [1.29, 1.82) is 0 Å². The van der Waals surface area contributed by atoms with Crippen molar-refractivity contribution in [3.05, 3.63) is 25.3 Å². The summed E-state index contributed by atoms with van der Waals surface area (Å²) in [5.41, 5.74) is 0. The lowest BCUT2D eigenvalue weighted by Crippen LogP contribution is -2.26. The van der Waals surface area contributed by atoms with Gasteiger partial charge in [-0.15, -0.1) is 0 Å². The standard InChI is InChI=1S/C10H17NO4/c1-3-9(12)14-7-5-11-6-8-15-10(13)4-2/h3-4,9,11-12H,1-2,5-8H2. The molecule has 5 nitrogen and oxygen atoms in total. The van der Waals surface area contributed by atoms with E-state index >= 15 is 0 Å². The molecule has 2 N–H and O–H groups in total. The largest absolute Gasteiger partial charge is 0.461 e. The Kier molecular flexibility index (Phi) is 8.66. The van der Waals surface area contributed by atoms with Crippen molar-refractivity contribution in [3.63, 3.8) is 0 Å². The molecule has 0 aromatic carbocycles. The monoisotopic (exact) mass is 215 g/mol. The van der Waals surface area contributed by atoms with Crippen molar-refractivity contribution in [2.75, 3.05) is 26.3 Å². The predicted octanol–water partition coefficient (Wildman–Crippen LogP) is -0.174. The fourth-order valence-electron chi connectivity index (χ4n) is 0.728. The highest BCUT2D eigenvalue weighted by Gasteiger charge is 1.97. The zero-order valence-corrected chi connectivity index (χ0v) is 8.65. The molecule has 1 unspecified atom stereocenters. The van der Waals surface area contributed by atoms with Crippen LogP contribution in [0, 0.1) is 0 Å². The van der Waals surface area contributed by atoms with Crippen LogP contribution in [0.3, 0.4) is 0 Å². The number of aliphatic hydroxyl groups excluding tert-OH is 1. The number of esters is 1. The Morgan fingerprint density at radius 2 is 2.07 bits per heavy atom. The zero-order chi connectivity index (χ0) is 11.5. The number of nitrogens with one attached hydrogen (secondary N) is 1. The van der Waals surface area contributed by atoms with E-state index in [1.165, 1.54) is 6.08 Å². The van der Waals surface area contributed by atoms with Gasteiger partial charge in [-0.3, -0.25) is 0 Å². The van der Waals surface area contributed by atoms with Gasteiger partial charge in [0.2, 0.25) is 0 Å². The van der Waals surface area contributed by atoms with Crippen LogP contribution in [0.1, 0.15) is 0 Å². The Morgan fingerprint density at radius 3 is 2.67 bits per heavy atom. The average Bonchev–Trinajstić information content (AvgIpc) is 2.26. The van der Waals surface area contributed by atoms with Crippen LogP contribution in [0.15, 0.2) is 25.3 Å². The number of aliphatic hydroxyl groups is 1. The topological polar surface area (TPSA) is 67.8 Å². The smallest absolute Gasteiger partial charge is 0.330 e. The molecule has 0 bridgehead atoms. The normalized spacial score (nSPS) is 11.8. The SMILES string of the molecule is C=CC(=O)OCCNCCOC(O)C=C. The summed E-state index contributed by atoms with van der Waals surface area (Å²) in [5.74, 6) is -0.435. The van der Waals surface area contributed by atoms with Crippen molar-refractivity contribution in [2.45, 2.75) is 6.29 Å².